The van der Waals surface area contributed by atoms with E-state index >= 15 is 0 Å². The van der Waals surface area contributed by atoms with Crippen LogP contribution in [0.15, 0.2) is 68.6 Å². The lowest BCUT2D eigenvalue weighted by atomic mass is 10.2. The molecule has 0 atom stereocenters. The van der Waals surface area contributed by atoms with Crippen molar-refractivity contribution in [2.24, 2.45) is 5.10 Å². The van der Waals surface area contributed by atoms with Crippen LogP contribution in [-0.4, -0.2) is 12.1 Å². The van der Waals surface area contributed by atoms with Crippen molar-refractivity contribution in [1.82, 2.24) is 5.43 Å². The summed E-state index contributed by atoms with van der Waals surface area (Å²) in [6.45, 7) is 0. The minimum Gasteiger partial charge on any atom is -0.455 e. The molecule has 0 saturated carbocycles. The average Bonchev–Trinajstić information content (AvgIpc) is 3.03. The van der Waals surface area contributed by atoms with Gasteiger partial charge < -0.3 is 4.42 Å². The van der Waals surface area contributed by atoms with Crippen LogP contribution in [0.5, 0.6) is 0 Å². The molecule has 0 radical (unpaired) electrons. The number of hydrogen-bond donors (Lipinski definition) is 1. The number of furan rings is 1. The van der Waals surface area contributed by atoms with Gasteiger partial charge in [0.1, 0.15) is 11.5 Å². The average molecular weight is 438 g/mol. The molecule has 1 amide bonds. The highest BCUT2D eigenvalue weighted by molar-refractivity contribution is 9.10. The Labute approximate surface area is 162 Å². The van der Waals surface area contributed by atoms with Crippen molar-refractivity contribution in [1.29, 1.82) is 0 Å². The number of halogens is 3. The van der Waals surface area contributed by atoms with E-state index < -0.39 is 0 Å². The summed E-state index contributed by atoms with van der Waals surface area (Å²) in [7, 11) is 0. The quantitative estimate of drug-likeness (QED) is 0.415. The molecular weight excluding hydrogens is 427 g/mol. The third-order valence-electron chi connectivity index (χ3n) is 3.27. The van der Waals surface area contributed by atoms with E-state index in [1.165, 1.54) is 6.21 Å². The third kappa shape index (κ3) is 4.51. The Balaban J connectivity index is 1.69. The molecule has 2 aromatic carbocycles. The molecule has 1 aromatic heterocycles. The van der Waals surface area contributed by atoms with Crippen molar-refractivity contribution in [3.63, 3.8) is 0 Å². The van der Waals surface area contributed by atoms with Gasteiger partial charge in [0.25, 0.3) is 5.91 Å². The zero-order valence-electron chi connectivity index (χ0n) is 12.7. The van der Waals surface area contributed by atoms with Crippen molar-refractivity contribution < 1.29 is 9.21 Å². The van der Waals surface area contributed by atoms with Gasteiger partial charge in [-0.3, -0.25) is 4.79 Å². The minimum absolute atomic E-state index is 0.315. The Morgan fingerprint density at radius 2 is 1.96 bits per heavy atom. The Hall–Kier alpha value is -2.08. The van der Waals surface area contributed by atoms with Gasteiger partial charge in [-0.15, -0.1) is 0 Å². The molecule has 0 saturated heterocycles. The first-order valence-corrected chi connectivity index (χ1v) is 8.72. The van der Waals surface area contributed by atoms with E-state index in [-0.39, 0.29) is 5.91 Å². The van der Waals surface area contributed by atoms with Gasteiger partial charge in [0.15, 0.2) is 0 Å². The normalized spacial score (nSPS) is 11.0. The van der Waals surface area contributed by atoms with Crippen molar-refractivity contribution in [3.05, 3.63) is 80.4 Å². The van der Waals surface area contributed by atoms with Crippen LogP contribution < -0.4 is 5.43 Å². The first-order chi connectivity index (χ1) is 12.0. The summed E-state index contributed by atoms with van der Waals surface area (Å²) in [5.74, 6) is 0.752. The lowest BCUT2D eigenvalue weighted by Crippen LogP contribution is -2.17. The SMILES string of the molecule is O=C(NN=Cc1ccc(-c2ccc(Cl)cc2Cl)o1)c1cccc(Br)c1. The van der Waals surface area contributed by atoms with Crippen LogP contribution in [0.3, 0.4) is 0 Å². The minimum atomic E-state index is -0.315. The van der Waals surface area contributed by atoms with E-state index in [9.17, 15) is 4.79 Å². The summed E-state index contributed by atoms with van der Waals surface area (Å²) in [5, 5.41) is 4.95. The summed E-state index contributed by atoms with van der Waals surface area (Å²) in [6.07, 6.45) is 1.42. The lowest BCUT2D eigenvalue weighted by molar-refractivity contribution is 0.0955. The highest BCUT2D eigenvalue weighted by atomic mass is 79.9. The van der Waals surface area contributed by atoms with Gasteiger partial charge in [0, 0.05) is 20.6 Å². The number of amides is 1. The van der Waals surface area contributed by atoms with Crippen LogP contribution in [0.2, 0.25) is 10.0 Å². The second-order valence-corrected chi connectivity index (χ2v) is 6.79. The van der Waals surface area contributed by atoms with E-state index in [2.05, 4.69) is 26.5 Å². The molecule has 0 unspecified atom stereocenters. The molecule has 3 aromatic rings. The van der Waals surface area contributed by atoms with Gasteiger partial charge in [0.05, 0.1) is 11.2 Å². The van der Waals surface area contributed by atoms with Gasteiger partial charge in [-0.2, -0.15) is 5.10 Å². The van der Waals surface area contributed by atoms with Gasteiger partial charge >= 0.3 is 0 Å². The molecule has 0 bridgehead atoms. The molecule has 126 valence electrons. The van der Waals surface area contributed by atoms with E-state index in [4.69, 9.17) is 27.6 Å². The molecule has 4 nitrogen and oxygen atoms in total. The van der Waals surface area contributed by atoms with Gasteiger partial charge in [-0.25, -0.2) is 5.43 Å². The van der Waals surface area contributed by atoms with Crippen LogP contribution in [0, 0.1) is 0 Å². The Bertz CT molecular complexity index is 954. The fourth-order valence-electron chi connectivity index (χ4n) is 2.11. The second kappa shape index (κ2) is 7.87. The number of carbonyl (C=O) groups is 1. The molecule has 3 rings (SSSR count). The number of carbonyl (C=O) groups excluding carboxylic acids is 1. The first kappa shape index (κ1) is 17.7. The Morgan fingerprint density at radius 1 is 1.12 bits per heavy atom. The van der Waals surface area contributed by atoms with Crippen molar-refractivity contribution in [3.8, 4) is 11.3 Å². The fraction of sp³-hybridized carbons (Fsp3) is 0. The summed E-state index contributed by atoms with van der Waals surface area (Å²) in [6, 6.07) is 15.7. The Morgan fingerprint density at radius 3 is 2.72 bits per heavy atom. The maximum atomic E-state index is 12.0. The molecule has 0 fully saturated rings. The number of benzene rings is 2. The van der Waals surface area contributed by atoms with Crippen LogP contribution in [0.1, 0.15) is 16.1 Å². The van der Waals surface area contributed by atoms with Crippen molar-refractivity contribution in [2.45, 2.75) is 0 Å². The molecule has 7 heteroatoms. The molecule has 0 aliphatic heterocycles. The van der Waals surface area contributed by atoms with Gasteiger partial charge in [-0.05, 0) is 48.5 Å². The number of nitrogens with one attached hydrogen (secondary N) is 1. The van der Waals surface area contributed by atoms with Crippen LogP contribution in [-0.2, 0) is 0 Å². The fourth-order valence-corrected chi connectivity index (χ4v) is 3.01. The maximum absolute atomic E-state index is 12.0. The molecular formula is C18H11BrCl2N2O2. The zero-order valence-corrected chi connectivity index (χ0v) is 15.8. The number of rotatable bonds is 4. The van der Waals surface area contributed by atoms with E-state index in [0.717, 1.165) is 10.0 Å². The number of hydrogen-bond acceptors (Lipinski definition) is 3. The Kier molecular flexibility index (Phi) is 5.58. The lowest BCUT2D eigenvalue weighted by Gasteiger charge is -2.01. The number of hydrazone groups is 1. The van der Waals surface area contributed by atoms with Crippen molar-refractivity contribution >= 4 is 51.3 Å². The first-order valence-electron chi connectivity index (χ1n) is 7.17. The molecule has 1 N–H and O–H groups in total. The van der Waals surface area contributed by atoms with Crippen LogP contribution in [0.25, 0.3) is 11.3 Å². The summed E-state index contributed by atoms with van der Waals surface area (Å²) in [5.41, 5.74) is 3.67. The van der Waals surface area contributed by atoms with Crippen LogP contribution >= 0.6 is 39.1 Å². The summed E-state index contributed by atoms with van der Waals surface area (Å²) >= 11 is 15.4. The smallest absolute Gasteiger partial charge is 0.271 e. The van der Waals surface area contributed by atoms with E-state index in [0.29, 0.717) is 27.1 Å². The molecule has 0 spiro atoms. The number of nitrogens with zero attached hydrogens (tertiary/aromatic N) is 1. The largest absolute Gasteiger partial charge is 0.455 e. The molecule has 0 aliphatic rings. The third-order valence-corrected chi connectivity index (χ3v) is 4.31. The molecule has 0 aliphatic carbocycles. The zero-order chi connectivity index (χ0) is 17.8. The van der Waals surface area contributed by atoms with Gasteiger partial charge in [0.2, 0.25) is 0 Å². The van der Waals surface area contributed by atoms with E-state index in [1.54, 1.807) is 48.5 Å². The maximum Gasteiger partial charge on any atom is 0.271 e. The predicted molar refractivity (Wildman–Crippen MR) is 103 cm³/mol. The van der Waals surface area contributed by atoms with Crippen LogP contribution in [0.4, 0.5) is 0 Å². The molecule has 25 heavy (non-hydrogen) atoms. The summed E-state index contributed by atoms with van der Waals surface area (Å²) < 4.78 is 6.48. The highest BCUT2D eigenvalue weighted by Crippen LogP contribution is 2.31. The monoisotopic (exact) mass is 436 g/mol. The van der Waals surface area contributed by atoms with Gasteiger partial charge in [-0.1, -0.05) is 45.2 Å². The topological polar surface area (TPSA) is 54.6 Å². The van der Waals surface area contributed by atoms with Crippen molar-refractivity contribution in [2.75, 3.05) is 0 Å². The molecule has 1 heterocycles. The summed E-state index contributed by atoms with van der Waals surface area (Å²) in [4.78, 5) is 12.0. The van der Waals surface area contributed by atoms with E-state index in [1.807, 2.05) is 6.07 Å². The standard InChI is InChI=1S/C18H11BrCl2N2O2/c19-12-3-1-2-11(8-12)18(24)23-22-10-14-5-7-17(25-14)15-6-4-13(20)9-16(15)21/h1-10H,(H,23,24). The predicted octanol–water partition coefficient (Wildman–Crippen LogP) is 5.78. The highest BCUT2D eigenvalue weighted by Gasteiger charge is 2.09. The second-order valence-electron chi connectivity index (χ2n) is 5.04.